The molecule has 1 aliphatic heterocycles. The Morgan fingerprint density at radius 3 is 2.33 bits per heavy atom. The van der Waals surface area contributed by atoms with Crippen LogP contribution in [0.15, 0.2) is 29.8 Å². The van der Waals surface area contributed by atoms with Gasteiger partial charge in [0.2, 0.25) is 0 Å². The first-order chi connectivity index (χ1) is 10.1. The molecule has 2 aromatic rings. The fourth-order valence-electron chi connectivity index (χ4n) is 2.75. The summed E-state index contributed by atoms with van der Waals surface area (Å²) < 4.78 is 0. The number of piperazine rings is 1. The number of carbonyl (C=O) groups excluding carboxylic acids is 1. The van der Waals surface area contributed by atoms with Gasteiger partial charge >= 0.3 is 0 Å². The van der Waals surface area contributed by atoms with Crippen LogP contribution in [0.4, 0.5) is 5.13 Å². The summed E-state index contributed by atoms with van der Waals surface area (Å²) in [6.45, 7) is 7.28. The summed E-state index contributed by atoms with van der Waals surface area (Å²) in [7, 11) is 0. The zero-order valence-electron chi connectivity index (χ0n) is 12.4. The molecule has 0 atom stereocenters. The largest absolute Gasteiger partial charge is 0.345 e. The second kappa shape index (κ2) is 5.85. The monoisotopic (exact) mass is 301 g/mol. The number of anilines is 1. The molecule has 1 aliphatic rings. The Morgan fingerprint density at radius 2 is 1.76 bits per heavy atom. The van der Waals surface area contributed by atoms with E-state index in [0.29, 0.717) is 0 Å². The van der Waals surface area contributed by atoms with Crippen LogP contribution in [-0.4, -0.2) is 42.0 Å². The zero-order chi connectivity index (χ0) is 14.8. The van der Waals surface area contributed by atoms with Gasteiger partial charge in [0.05, 0.1) is 0 Å². The quantitative estimate of drug-likeness (QED) is 0.856. The van der Waals surface area contributed by atoms with Crippen molar-refractivity contribution in [1.29, 1.82) is 0 Å². The van der Waals surface area contributed by atoms with E-state index >= 15 is 0 Å². The highest BCUT2D eigenvalue weighted by Crippen LogP contribution is 2.20. The number of amides is 1. The third kappa shape index (κ3) is 3.08. The number of nitrogens with zero attached hydrogens (tertiary/aromatic N) is 3. The summed E-state index contributed by atoms with van der Waals surface area (Å²) in [5, 5.41) is 3.04. The van der Waals surface area contributed by atoms with E-state index in [-0.39, 0.29) is 5.91 Å². The fourth-order valence-corrected chi connectivity index (χ4v) is 3.45. The van der Waals surface area contributed by atoms with Gasteiger partial charge in [-0.3, -0.25) is 4.79 Å². The molecule has 1 fully saturated rings. The third-order valence-electron chi connectivity index (χ3n) is 3.73. The second-order valence-electron chi connectivity index (χ2n) is 5.47. The van der Waals surface area contributed by atoms with E-state index in [9.17, 15) is 4.79 Å². The van der Waals surface area contributed by atoms with Crippen LogP contribution in [0.1, 0.15) is 21.5 Å². The minimum atomic E-state index is 0.139. The molecular weight excluding hydrogens is 282 g/mol. The van der Waals surface area contributed by atoms with Gasteiger partial charge < -0.3 is 9.80 Å². The summed E-state index contributed by atoms with van der Waals surface area (Å²) in [5.74, 6) is 0.139. The van der Waals surface area contributed by atoms with Crippen LogP contribution in [-0.2, 0) is 0 Å². The van der Waals surface area contributed by atoms with Gasteiger partial charge in [-0.15, -0.1) is 11.3 Å². The summed E-state index contributed by atoms with van der Waals surface area (Å²) >= 11 is 1.65. The van der Waals surface area contributed by atoms with Crippen LogP contribution in [0, 0.1) is 13.8 Å². The number of aryl methyl sites for hydroxylation is 2. The van der Waals surface area contributed by atoms with Gasteiger partial charge in [-0.25, -0.2) is 4.98 Å². The fraction of sp³-hybridized carbons (Fsp3) is 0.375. The first kappa shape index (κ1) is 14.1. The molecule has 4 nitrogen and oxygen atoms in total. The maximum atomic E-state index is 12.6. The zero-order valence-corrected chi connectivity index (χ0v) is 13.2. The number of thiazole rings is 1. The predicted octanol–water partition coefficient (Wildman–Crippen LogP) is 2.72. The van der Waals surface area contributed by atoms with Crippen molar-refractivity contribution >= 4 is 22.4 Å². The third-order valence-corrected chi connectivity index (χ3v) is 4.56. The van der Waals surface area contributed by atoms with Gasteiger partial charge in [0, 0.05) is 43.3 Å². The van der Waals surface area contributed by atoms with Crippen molar-refractivity contribution in [1.82, 2.24) is 9.88 Å². The topological polar surface area (TPSA) is 36.4 Å². The van der Waals surface area contributed by atoms with Crippen molar-refractivity contribution in [3.63, 3.8) is 0 Å². The van der Waals surface area contributed by atoms with Gasteiger partial charge in [0.1, 0.15) is 0 Å². The summed E-state index contributed by atoms with van der Waals surface area (Å²) in [5.41, 5.74) is 3.08. The molecule has 0 bridgehead atoms. The highest BCUT2D eigenvalue weighted by molar-refractivity contribution is 7.13. The molecule has 5 heteroatoms. The minimum Gasteiger partial charge on any atom is -0.345 e. The maximum Gasteiger partial charge on any atom is 0.253 e. The number of hydrogen-bond acceptors (Lipinski definition) is 4. The molecule has 1 aromatic carbocycles. The van der Waals surface area contributed by atoms with Crippen molar-refractivity contribution in [2.75, 3.05) is 31.1 Å². The predicted molar refractivity (Wildman–Crippen MR) is 86.1 cm³/mol. The van der Waals surface area contributed by atoms with Crippen LogP contribution >= 0.6 is 11.3 Å². The molecule has 1 aromatic heterocycles. The smallest absolute Gasteiger partial charge is 0.253 e. The first-order valence-electron chi connectivity index (χ1n) is 7.15. The summed E-state index contributed by atoms with van der Waals surface area (Å²) in [6, 6.07) is 6.04. The lowest BCUT2D eigenvalue weighted by Gasteiger charge is -2.34. The Bertz CT molecular complexity index is 611. The lowest BCUT2D eigenvalue weighted by Crippen LogP contribution is -2.48. The molecule has 1 saturated heterocycles. The number of rotatable bonds is 2. The second-order valence-corrected chi connectivity index (χ2v) is 6.34. The van der Waals surface area contributed by atoms with Gasteiger partial charge in [-0.1, -0.05) is 17.2 Å². The molecule has 0 N–H and O–H groups in total. The van der Waals surface area contributed by atoms with Crippen molar-refractivity contribution < 1.29 is 4.79 Å². The molecular formula is C16H19N3OS. The molecule has 2 heterocycles. The van der Waals surface area contributed by atoms with E-state index in [1.807, 2.05) is 42.5 Å². The Labute approximate surface area is 129 Å². The SMILES string of the molecule is Cc1cc(C)cc(C(=O)N2CCN(c3nccs3)CC2)c1. The number of carbonyl (C=O) groups is 1. The molecule has 110 valence electrons. The number of benzene rings is 1. The normalized spacial score (nSPS) is 15.3. The average Bonchev–Trinajstić information content (AvgIpc) is 3.00. The van der Waals surface area contributed by atoms with Crippen LogP contribution < -0.4 is 4.90 Å². The first-order valence-corrected chi connectivity index (χ1v) is 8.03. The Kier molecular flexibility index (Phi) is 3.92. The van der Waals surface area contributed by atoms with Crippen molar-refractivity contribution in [2.24, 2.45) is 0 Å². The van der Waals surface area contributed by atoms with Crippen LogP contribution in [0.2, 0.25) is 0 Å². The summed E-state index contributed by atoms with van der Waals surface area (Å²) in [6.07, 6.45) is 1.83. The molecule has 3 rings (SSSR count). The van der Waals surface area contributed by atoms with Crippen LogP contribution in [0.5, 0.6) is 0 Å². The molecule has 21 heavy (non-hydrogen) atoms. The Hall–Kier alpha value is -1.88. The lowest BCUT2D eigenvalue weighted by atomic mass is 10.1. The number of aromatic nitrogens is 1. The average molecular weight is 301 g/mol. The molecule has 1 amide bonds. The highest BCUT2D eigenvalue weighted by atomic mass is 32.1. The Balaban J connectivity index is 1.67. The van der Waals surface area contributed by atoms with E-state index in [4.69, 9.17) is 0 Å². The standard InChI is InChI=1S/C16H19N3OS/c1-12-9-13(2)11-14(10-12)15(20)18-4-6-19(7-5-18)16-17-3-8-21-16/h3,8-11H,4-7H2,1-2H3. The number of hydrogen-bond donors (Lipinski definition) is 0. The van der Waals surface area contributed by atoms with Crippen LogP contribution in [0.3, 0.4) is 0 Å². The van der Waals surface area contributed by atoms with Crippen molar-refractivity contribution in [3.05, 3.63) is 46.5 Å². The van der Waals surface area contributed by atoms with E-state index < -0.39 is 0 Å². The Morgan fingerprint density at radius 1 is 1.10 bits per heavy atom. The van der Waals surface area contributed by atoms with Crippen molar-refractivity contribution in [2.45, 2.75) is 13.8 Å². The molecule has 0 aliphatic carbocycles. The maximum absolute atomic E-state index is 12.6. The van der Waals surface area contributed by atoms with E-state index in [0.717, 1.165) is 48.0 Å². The van der Waals surface area contributed by atoms with Crippen molar-refractivity contribution in [3.8, 4) is 0 Å². The van der Waals surface area contributed by atoms with Crippen LogP contribution in [0.25, 0.3) is 0 Å². The van der Waals surface area contributed by atoms with E-state index in [1.165, 1.54) is 0 Å². The van der Waals surface area contributed by atoms with Gasteiger partial charge in [-0.2, -0.15) is 0 Å². The van der Waals surface area contributed by atoms with Gasteiger partial charge in [-0.05, 0) is 26.0 Å². The lowest BCUT2D eigenvalue weighted by molar-refractivity contribution is 0.0746. The van der Waals surface area contributed by atoms with E-state index in [2.05, 4.69) is 16.0 Å². The van der Waals surface area contributed by atoms with Gasteiger partial charge in [0.25, 0.3) is 5.91 Å². The summed E-state index contributed by atoms with van der Waals surface area (Å²) in [4.78, 5) is 21.1. The highest BCUT2D eigenvalue weighted by Gasteiger charge is 2.23. The molecule has 0 saturated carbocycles. The van der Waals surface area contributed by atoms with Gasteiger partial charge in [0.15, 0.2) is 5.13 Å². The molecule has 0 radical (unpaired) electrons. The van der Waals surface area contributed by atoms with E-state index in [1.54, 1.807) is 11.3 Å². The minimum absolute atomic E-state index is 0.139. The molecule has 0 spiro atoms. The molecule has 0 unspecified atom stereocenters.